The summed E-state index contributed by atoms with van der Waals surface area (Å²) < 4.78 is 16.6. The number of nitrogens with zero attached hydrogens (tertiary/aromatic N) is 3. The molecule has 1 saturated carbocycles. The zero-order valence-electron chi connectivity index (χ0n) is 16.9. The molecule has 1 aromatic heterocycles. The molecule has 1 saturated heterocycles. The summed E-state index contributed by atoms with van der Waals surface area (Å²) in [6, 6.07) is 8.07. The van der Waals surface area contributed by atoms with Crippen LogP contribution in [-0.4, -0.2) is 33.4 Å². The lowest BCUT2D eigenvalue weighted by Crippen LogP contribution is -2.65. The molecule has 2 aliphatic rings. The number of hydrogen-bond donors (Lipinski definition) is 1. The first-order valence-electron chi connectivity index (χ1n) is 10.2. The minimum atomic E-state index is -1.02. The molecule has 2 aromatic carbocycles. The average molecular weight is 473 g/mol. The van der Waals surface area contributed by atoms with Gasteiger partial charge in [0.2, 0.25) is 5.91 Å². The Bertz CT molecular complexity index is 1330. The Kier molecular flexibility index (Phi) is 4.98. The Balaban J connectivity index is 1.58. The first-order valence-corrected chi connectivity index (χ1v) is 10.9. The van der Waals surface area contributed by atoms with Crippen LogP contribution in [-0.2, 0) is 10.3 Å². The van der Waals surface area contributed by atoms with E-state index in [-0.39, 0.29) is 46.2 Å². The average Bonchev–Trinajstić information content (AvgIpc) is 3.59. The summed E-state index contributed by atoms with van der Waals surface area (Å²) in [5, 5.41) is 4.09. The van der Waals surface area contributed by atoms with Crippen molar-refractivity contribution in [3.05, 3.63) is 81.1 Å². The van der Waals surface area contributed by atoms with Crippen LogP contribution in [0.15, 0.2) is 54.1 Å². The van der Waals surface area contributed by atoms with Crippen molar-refractivity contribution in [2.45, 2.75) is 24.4 Å². The third kappa shape index (κ3) is 3.36. The van der Waals surface area contributed by atoms with Gasteiger partial charge < -0.3 is 10.2 Å². The molecule has 0 atom stereocenters. The lowest BCUT2D eigenvalue weighted by Gasteiger charge is -2.51. The third-order valence-corrected chi connectivity index (χ3v) is 6.84. The molecule has 1 aliphatic heterocycles. The number of benzene rings is 2. The lowest BCUT2D eigenvalue weighted by molar-refractivity contribution is -0.132. The maximum Gasteiger partial charge on any atom is 0.261 e. The van der Waals surface area contributed by atoms with Crippen LogP contribution in [0.4, 0.5) is 10.1 Å². The predicted octanol–water partition coefficient (Wildman–Crippen LogP) is 4.51. The fourth-order valence-corrected chi connectivity index (χ4v) is 4.75. The molecular formula is C23H19Cl2FN4O2. The van der Waals surface area contributed by atoms with Gasteiger partial charge in [-0.3, -0.25) is 14.2 Å². The molecule has 1 amide bonds. The summed E-state index contributed by atoms with van der Waals surface area (Å²) in [7, 11) is 0. The second kappa shape index (κ2) is 7.60. The Morgan fingerprint density at radius 2 is 2.00 bits per heavy atom. The van der Waals surface area contributed by atoms with E-state index in [2.05, 4.69) is 16.9 Å². The second-order valence-corrected chi connectivity index (χ2v) is 9.03. The molecule has 0 spiro atoms. The monoisotopic (exact) mass is 472 g/mol. The van der Waals surface area contributed by atoms with Crippen molar-refractivity contribution in [2.24, 2.45) is 0 Å². The minimum Gasteiger partial charge on any atom is -0.372 e. The summed E-state index contributed by atoms with van der Waals surface area (Å²) in [5.41, 5.74) is 0.221. The van der Waals surface area contributed by atoms with E-state index in [9.17, 15) is 14.0 Å². The molecule has 2 fully saturated rings. The molecule has 1 N–H and O–H groups in total. The molecule has 9 heteroatoms. The van der Waals surface area contributed by atoms with Crippen molar-refractivity contribution in [1.29, 1.82) is 0 Å². The van der Waals surface area contributed by atoms with Gasteiger partial charge in [-0.15, -0.1) is 0 Å². The van der Waals surface area contributed by atoms with Gasteiger partial charge >= 0.3 is 0 Å². The fourth-order valence-electron chi connectivity index (χ4n) is 4.26. The maximum absolute atomic E-state index is 15.0. The molecule has 164 valence electrons. The number of anilines is 1. The van der Waals surface area contributed by atoms with E-state index < -0.39 is 11.4 Å². The molecular weight excluding hydrogens is 454 g/mol. The van der Waals surface area contributed by atoms with E-state index in [0.717, 1.165) is 12.8 Å². The third-order valence-electron chi connectivity index (χ3n) is 6.04. The number of aromatic nitrogens is 2. The Labute approximate surface area is 193 Å². The molecule has 0 bridgehead atoms. The Hall–Kier alpha value is -2.90. The molecule has 32 heavy (non-hydrogen) atoms. The number of amides is 1. The lowest BCUT2D eigenvalue weighted by atomic mass is 9.81. The molecule has 0 radical (unpaired) electrons. The number of hydrogen-bond acceptors (Lipinski definition) is 4. The number of carbonyl (C=O) groups excluding carboxylic acids is 1. The van der Waals surface area contributed by atoms with Crippen LogP contribution >= 0.6 is 23.2 Å². The largest absolute Gasteiger partial charge is 0.372 e. The Morgan fingerprint density at radius 3 is 2.69 bits per heavy atom. The van der Waals surface area contributed by atoms with E-state index >= 15 is 0 Å². The van der Waals surface area contributed by atoms with Crippen LogP contribution in [0.25, 0.3) is 10.9 Å². The second-order valence-electron chi connectivity index (χ2n) is 8.24. The minimum absolute atomic E-state index is 0.0865. The van der Waals surface area contributed by atoms with Crippen molar-refractivity contribution in [1.82, 2.24) is 14.5 Å². The summed E-state index contributed by atoms with van der Waals surface area (Å²) in [5.74, 6) is -0.799. The number of nitrogens with one attached hydrogen (secondary N) is 1. The number of rotatable bonds is 5. The molecule has 6 nitrogen and oxygen atoms in total. The van der Waals surface area contributed by atoms with Crippen molar-refractivity contribution >= 4 is 45.7 Å². The zero-order valence-corrected chi connectivity index (χ0v) is 18.5. The van der Waals surface area contributed by atoms with Gasteiger partial charge in [0, 0.05) is 17.3 Å². The number of fused-ring (bicyclic) bond motifs is 1. The molecule has 3 aromatic rings. The van der Waals surface area contributed by atoms with E-state index in [1.165, 1.54) is 23.1 Å². The van der Waals surface area contributed by atoms with E-state index in [1.54, 1.807) is 29.1 Å². The van der Waals surface area contributed by atoms with Gasteiger partial charge in [0.15, 0.2) is 0 Å². The molecule has 5 rings (SSSR count). The van der Waals surface area contributed by atoms with Gasteiger partial charge in [-0.2, -0.15) is 0 Å². The summed E-state index contributed by atoms with van der Waals surface area (Å²) in [6.45, 7) is 3.83. The van der Waals surface area contributed by atoms with Crippen LogP contribution in [0.3, 0.4) is 0 Å². The van der Waals surface area contributed by atoms with E-state index in [1.807, 2.05) is 0 Å². The summed E-state index contributed by atoms with van der Waals surface area (Å²) >= 11 is 12.6. The van der Waals surface area contributed by atoms with Gasteiger partial charge in [-0.1, -0.05) is 29.8 Å². The predicted molar refractivity (Wildman–Crippen MR) is 123 cm³/mol. The first-order chi connectivity index (χ1) is 15.3. The topological polar surface area (TPSA) is 67.2 Å². The summed E-state index contributed by atoms with van der Waals surface area (Å²) in [4.78, 5) is 31.0. The van der Waals surface area contributed by atoms with Crippen LogP contribution in [0.5, 0.6) is 0 Å². The highest BCUT2D eigenvalue weighted by Crippen LogP contribution is 2.43. The van der Waals surface area contributed by atoms with Gasteiger partial charge in [0.1, 0.15) is 11.4 Å². The molecule has 0 unspecified atom stereocenters. The van der Waals surface area contributed by atoms with Crippen LogP contribution in [0.2, 0.25) is 10.0 Å². The summed E-state index contributed by atoms with van der Waals surface area (Å²) in [6.07, 6.45) is 4.73. The number of halogens is 3. The number of carbonyl (C=O) groups is 1. The standard InChI is InChI=1S/C23H19Cl2FN4O2/c1-2-19(31)29-10-23(11-29,20-17(26)7-6-16(24)21(20)25)28-13-3-8-18-15(9-13)22(32)30(12-27-18)14-4-5-14/h2-3,6-9,12,14,28H,1,4-5,10-11H2. The highest BCUT2D eigenvalue weighted by Gasteiger charge is 2.49. The van der Waals surface area contributed by atoms with Gasteiger partial charge in [-0.25, -0.2) is 9.37 Å². The van der Waals surface area contributed by atoms with Crippen molar-refractivity contribution in [3.63, 3.8) is 0 Å². The van der Waals surface area contributed by atoms with E-state index in [0.29, 0.717) is 16.6 Å². The van der Waals surface area contributed by atoms with Crippen LogP contribution < -0.4 is 10.9 Å². The van der Waals surface area contributed by atoms with Crippen LogP contribution in [0.1, 0.15) is 24.4 Å². The highest BCUT2D eigenvalue weighted by molar-refractivity contribution is 6.42. The van der Waals surface area contributed by atoms with Crippen LogP contribution in [0, 0.1) is 5.82 Å². The fraction of sp³-hybridized carbons (Fsp3) is 0.261. The van der Waals surface area contributed by atoms with E-state index in [4.69, 9.17) is 23.2 Å². The molecule has 2 heterocycles. The quantitative estimate of drug-likeness (QED) is 0.438. The normalized spacial score (nSPS) is 17.2. The smallest absolute Gasteiger partial charge is 0.261 e. The zero-order chi connectivity index (χ0) is 22.6. The van der Waals surface area contributed by atoms with Crippen molar-refractivity contribution < 1.29 is 9.18 Å². The SMILES string of the molecule is C=CC(=O)N1CC(Nc2ccc3ncn(C4CC4)c(=O)c3c2)(c2c(F)ccc(Cl)c2Cl)C1. The molecule has 1 aliphatic carbocycles. The maximum atomic E-state index is 15.0. The Morgan fingerprint density at radius 1 is 1.25 bits per heavy atom. The first kappa shape index (κ1) is 21.0. The van der Waals surface area contributed by atoms with Gasteiger partial charge in [0.05, 0.1) is 40.4 Å². The van der Waals surface area contributed by atoms with Crippen molar-refractivity contribution in [2.75, 3.05) is 18.4 Å². The number of likely N-dealkylation sites (tertiary alicyclic amines) is 1. The highest BCUT2D eigenvalue weighted by atomic mass is 35.5. The van der Waals surface area contributed by atoms with Crippen molar-refractivity contribution in [3.8, 4) is 0 Å². The van der Waals surface area contributed by atoms with Gasteiger partial charge in [-0.05, 0) is 49.2 Å². The van der Waals surface area contributed by atoms with Gasteiger partial charge in [0.25, 0.3) is 5.56 Å².